The highest BCUT2D eigenvalue weighted by Gasteiger charge is 2.35. The molecular formula is C54H43N. The van der Waals surface area contributed by atoms with Gasteiger partial charge in [0.2, 0.25) is 0 Å². The Kier molecular flexibility index (Phi) is 7.80. The van der Waals surface area contributed by atoms with Crippen molar-refractivity contribution in [3.8, 4) is 27.9 Å². The van der Waals surface area contributed by atoms with Gasteiger partial charge in [-0.3, -0.25) is 0 Å². The minimum Gasteiger partial charge on any atom is -0.309 e. The smallest absolute Gasteiger partial charge is 0.0543 e. The third-order valence-corrected chi connectivity index (χ3v) is 12.8. The second-order valence-corrected chi connectivity index (χ2v) is 15.7. The van der Waals surface area contributed by atoms with Crippen molar-refractivity contribution in [2.45, 2.75) is 50.4 Å². The van der Waals surface area contributed by atoms with Crippen LogP contribution in [0.4, 0.5) is 0 Å². The SMILES string of the molecule is C1=CCCC(c2ccc(C3CCc4ccccc4-c4c3ccc3c4C(CCc4cccc5c4c4ccccc4n5-c4ccccc4)c4ccccc4-3)cc2)=C1. The number of hydrogen-bond acceptors (Lipinski definition) is 0. The highest BCUT2D eigenvalue weighted by atomic mass is 15.0. The number of para-hydroxylation sites is 2. The molecule has 8 aromatic rings. The number of allylic oxidation sites excluding steroid dienone is 4. The predicted molar refractivity (Wildman–Crippen MR) is 231 cm³/mol. The van der Waals surface area contributed by atoms with Gasteiger partial charge in [0, 0.05) is 28.3 Å². The Bertz CT molecular complexity index is 2810. The predicted octanol–water partition coefficient (Wildman–Crippen LogP) is 14.0. The highest BCUT2D eigenvalue weighted by molar-refractivity contribution is 6.11. The Morgan fingerprint density at radius 3 is 2.24 bits per heavy atom. The van der Waals surface area contributed by atoms with Gasteiger partial charge in [-0.2, -0.15) is 0 Å². The third kappa shape index (κ3) is 5.29. The lowest BCUT2D eigenvalue weighted by atomic mass is 9.79. The molecule has 1 heteroatoms. The molecular weight excluding hydrogens is 663 g/mol. The fourth-order valence-electron chi connectivity index (χ4n) is 10.3. The van der Waals surface area contributed by atoms with Crippen LogP contribution in [0.1, 0.15) is 76.5 Å². The zero-order valence-electron chi connectivity index (χ0n) is 31.1. The van der Waals surface area contributed by atoms with Gasteiger partial charge in [-0.05, 0) is 130 Å². The van der Waals surface area contributed by atoms with E-state index in [-0.39, 0.29) is 0 Å². The van der Waals surface area contributed by atoms with Gasteiger partial charge in [0.05, 0.1) is 11.0 Å². The summed E-state index contributed by atoms with van der Waals surface area (Å²) in [7, 11) is 0. The summed E-state index contributed by atoms with van der Waals surface area (Å²) in [6.07, 6.45) is 13.3. The van der Waals surface area contributed by atoms with E-state index in [0.29, 0.717) is 11.8 Å². The van der Waals surface area contributed by atoms with E-state index in [0.717, 1.165) is 38.5 Å². The molecule has 0 radical (unpaired) electrons. The zero-order valence-corrected chi connectivity index (χ0v) is 31.1. The number of aryl methyl sites for hydroxylation is 2. The first-order valence-electron chi connectivity index (χ1n) is 20.2. The summed E-state index contributed by atoms with van der Waals surface area (Å²) in [6.45, 7) is 0. The van der Waals surface area contributed by atoms with Crippen molar-refractivity contribution >= 4 is 27.4 Å². The lowest BCUT2D eigenvalue weighted by Crippen LogP contribution is -2.07. The molecule has 55 heavy (non-hydrogen) atoms. The fraction of sp³-hybridized carbons (Fsp3) is 0.148. The van der Waals surface area contributed by atoms with Crippen LogP contribution in [0.2, 0.25) is 0 Å². The van der Waals surface area contributed by atoms with Crippen LogP contribution in [0.15, 0.2) is 176 Å². The van der Waals surface area contributed by atoms with Crippen molar-refractivity contribution in [3.05, 3.63) is 215 Å². The molecule has 7 aromatic carbocycles. The standard InChI is InChI=1S/C54H43N/c1-3-14-36(15-4-1)37-26-28-39(29-27-37)42-32-30-38-16-7-8-20-43(38)53-46(42)34-35-48-45-22-10-9-21-44(45)47(54(48)53)33-31-40-17-13-25-51-52(40)49-23-11-12-24-50(49)55(51)41-18-5-2-6-19-41/h1-3,5-14,16-29,34-35,42,47H,4,15,30-33H2. The molecule has 0 spiro atoms. The molecule has 1 aromatic heterocycles. The van der Waals surface area contributed by atoms with E-state index in [4.69, 9.17) is 0 Å². The van der Waals surface area contributed by atoms with Crippen LogP contribution in [0.3, 0.4) is 0 Å². The van der Waals surface area contributed by atoms with E-state index in [2.05, 4.69) is 181 Å². The number of benzene rings is 7. The lowest BCUT2D eigenvalue weighted by molar-refractivity contribution is 0.717. The van der Waals surface area contributed by atoms with Crippen molar-refractivity contribution in [1.29, 1.82) is 0 Å². The van der Waals surface area contributed by atoms with Gasteiger partial charge in [0.1, 0.15) is 0 Å². The first kappa shape index (κ1) is 32.3. The van der Waals surface area contributed by atoms with Crippen LogP contribution in [0, 0.1) is 0 Å². The topological polar surface area (TPSA) is 4.93 Å². The molecule has 264 valence electrons. The summed E-state index contributed by atoms with van der Waals surface area (Å²) in [6, 6.07) is 59.8. The summed E-state index contributed by atoms with van der Waals surface area (Å²) in [5.74, 6) is 0.642. The van der Waals surface area contributed by atoms with Crippen LogP contribution in [0.25, 0.3) is 55.3 Å². The van der Waals surface area contributed by atoms with Crippen LogP contribution in [-0.4, -0.2) is 4.57 Å². The molecule has 0 N–H and O–H groups in total. The molecule has 11 rings (SSSR count). The molecule has 0 aliphatic heterocycles. The number of fused-ring (bicyclic) bond motifs is 10. The van der Waals surface area contributed by atoms with Crippen molar-refractivity contribution < 1.29 is 0 Å². The van der Waals surface area contributed by atoms with Crippen molar-refractivity contribution in [1.82, 2.24) is 4.57 Å². The van der Waals surface area contributed by atoms with Gasteiger partial charge >= 0.3 is 0 Å². The maximum atomic E-state index is 2.49. The average Bonchev–Trinajstić information content (AvgIpc) is 3.70. The monoisotopic (exact) mass is 705 g/mol. The molecule has 2 atom stereocenters. The van der Waals surface area contributed by atoms with Crippen molar-refractivity contribution in [3.63, 3.8) is 0 Å². The Balaban J connectivity index is 1.05. The minimum atomic E-state index is 0.305. The largest absolute Gasteiger partial charge is 0.309 e. The van der Waals surface area contributed by atoms with E-state index in [1.807, 2.05) is 0 Å². The molecule has 2 unspecified atom stereocenters. The summed E-state index contributed by atoms with van der Waals surface area (Å²) in [5, 5.41) is 2.71. The van der Waals surface area contributed by atoms with Gasteiger partial charge in [0.25, 0.3) is 0 Å². The second kappa shape index (κ2) is 13.3. The summed E-state index contributed by atoms with van der Waals surface area (Å²) in [4.78, 5) is 0. The quantitative estimate of drug-likeness (QED) is 0.162. The van der Waals surface area contributed by atoms with Crippen LogP contribution >= 0.6 is 0 Å². The number of nitrogens with zero attached hydrogens (tertiary/aromatic N) is 1. The Morgan fingerprint density at radius 1 is 0.582 bits per heavy atom. The molecule has 0 amide bonds. The molecule has 1 nitrogen and oxygen atoms in total. The van der Waals surface area contributed by atoms with E-state index < -0.39 is 0 Å². The summed E-state index contributed by atoms with van der Waals surface area (Å²) in [5.41, 5.74) is 21.1. The van der Waals surface area contributed by atoms with Gasteiger partial charge in [-0.1, -0.05) is 152 Å². The fourth-order valence-corrected chi connectivity index (χ4v) is 10.3. The van der Waals surface area contributed by atoms with Crippen LogP contribution in [-0.2, 0) is 12.8 Å². The van der Waals surface area contributed by atoms with Crippen LogP contribution in [0.5, 0.6) is 0 Å². The van der Waals surface area contributed by atoms with E-state index in [9.17, 15) is 0 Å². The maximum Gasteiger partial charge on any atom is 0.0543 e. The zero-order chi connectivity index (χ0) is 36.3. The molecule has 0 bridgehead atoms. The van der Waals surface area contributed by atoms with Gasteiger partial charge in [-0.25, -0.2) is 0 Å². The average molecular weight is 706 g/mol. The van der Waals surface area contributed by atoms with Gasteiger partial charge in [0.15, 0.2) is 0 Å². The second-order valence-electron chi connectivity index (χ2n) is 15.7. The molecule has 1 heterocycles. The highest BCUT2D eigenvalue weighted by Crippen LogP contribution is 2.55. The first-order valence-corrected chi connectivity index (χ1v) is 20.2. The Morgan fingerprint density at radius 2 is 1.36 bits per heavy atom. The third-order valence-electron chi connectivity index (χ3n) is 12.8. The molecule has 0 fully saturated rings. The van der Waals surface area contributed by atoms with Crippen molar-refractivity contribution in [2.75, 3.05) is 0 Å². The minimum absolute atomic E-state index is 0.305. The van der Waals surface area contributed by atoms with E-state index >= 15 is 0 Å². The first-order chi connectivity index (χ1) is 27.3. The Hall–Kier alpha value is -6.18. The summed E-state index contributed by atoms with van der Waals surface area (Å²) < 4.78 is 2.45. The Labute approximate surface area is 323 Å². The maximum absolute atomic E-state index is 2.49. The lowest BCUT2D eigenvalue weighted by Gasteiger charge is -2.24. The molecule has 0 saturated carbocycles. The van der Waals surface area contributed by atoms with Crippen LogP contribution < -0.4 is 0 Å². The van der Waals surface area contributed by atoms with Gasteiger partial charge < -0.3 is 4.57 Å². The molecule has 3 aliphatic carbocycles. The van der Waals surface area contributed by atoms with E-state index in [1.165, 1.54) is 94.3 Å². The molecule has 0 saturated heterocycles. The number of hydrogen-bond donors (Lipinski definition) is 0. The van der Waals surface area contributed by atoms with Crippen molar-refractivity contribution in [2.24, 2.45) is 0 Å². The number of rotatable bonds is 6. The molecule has 3 aliphatic rings. The van der Waals surface area contributed by atoms with Gasteiger partial charge in [-0.15, -0.1) is 0 Å². The van der Waals surface area contributed by atoms with E-state index in [1.54, 1.807) is 0 Å². The summed E-state index contributed by atoms with van der Waals surface area (Å²) >= 11 is 0. The number of aromatic nitrogens is 1. The normalized spacial score (nSPS) is 17.0.